The fourth-order valence-electron chi connectivity index (χ4n) is 3.70. The highest BCUT2D eigenvalue weighted by Gasteiger charge is 2.42. The van der Waals surface area contributed by atoms with Crippen LogP contribution in [0.5, 0.6) is 0 Å². The molecule has 2 nitrogen and oxygen atoms in total. The summed E-state index contributed by atoms with van der Waals surface area (Å²) >= 11 is 1.52. The van der Waals surface area contributed by atoms with Crippen molar-refractivity contribution in [3.8, 4) is 0 Å². The van der Waals surface area contributed by atoms with E-state index in [0.29, 0.717) is 6.04 Å². The SMILES string of the molecule is C[C@H](NC(=O)c1cccs1)[C@H]1C[C@H]2CC[C@H]1C2. The molecule has 1 aromatic rings. The molecular weight excluding hydrogens is 230 g/mol. The second-order valence-corrected chi connectivity index (χ2v) is 6.53. The third kappa shape index (κ3) is 2.13. The number of thiophene rings is 1. The van der Waals surface area contributed by atoms with Gasteiger partial charge in [-0.3, -0.25) is 4.79 Å². The quantitative estimate of drug-likeness (QED) is 0.875. The van der Waals surface area contributed by atoms with Crippen molar-refractivity contribution in [2.24, 2.45) is 17.8 Å². The van der Waals surface area contributed by atoms with Crippen LogP contribution in [-0.2, 0) is 0 Å². The van der Waals surface area contributed by atoms with Crippen LogP contribution >= 0.6 is 11.3 Å². The van der Waals surface area contributed by atoms with Crippen LogP contribution in [0.25, 0.3) is 0 Å². The molecule has 0 spiro atoms. The van der Waals surface area contributed by atoms with Gasteiger partial charge < -0.3 is 5.32 Å². The second-order valence-electron chi connectivity index (χ2n) is 5.58. The molecule has 3 rings (SSSR count). The van der Waals surface area contributed by atoms with Crippen molar-refractivity contribution in [3.63, 3.8) is 0 Å². The van der Waals surface area contributed by atoms with Gasteiger partial charge in [0.05, 0.1) is 4.88 Å². The first-order valence-corrected chi connectivity index (χ1v) is 7.46. The Morgan fingerprint density at radius 1 is 1.47 bits per heavy atom. The minimum atomic E-state index is 0.107. The minimum absolute atomic E-state index is 0.107. The molecule has 4 atom stereocenters. The van der Waals surface area contributed by atoms with Gasteiger partial charge in [0.15, 0.2) is 0 Å². The summed E-state index contributed by atoms with van der Waals surface area (Å²) in [6, 6.07) is 4.16. The molecule has 92 valence electrons. The maximum atomic E-state index is 12.0. The topological polar surface area (TPSA) is 29.1 Å². The third-order valence-corrected chi connectivity index (χ3v) is 5.41. The van der Waals surface area contributed by atoms with Gasteiger partial charge in [-0.1, -0.05) is 12.5 Å². The highest BCUT2D eigenvalue weighted by molar-refractivity contribution is 7.12. The average Bonchev–Trinajstić information content (AvgIpc) is 3.05. The Labute approximate surface area is 106 Å². The number of nitrogens with one attached hydrogen (secondary N) is 1. The van der Waals surface area contributed by atoms with E-state index in [2.05, 4.69) is 12.2 Å². The predicted molar refractivity (Wildman–Crippen MR) is 70.2 cm³/mol. The van der Waals surface area contributed by atoms with Gasteiger partial charge >= 0.3 is 0 Å². The standard InChI is InChI=1S/C14H19NOS/c1-9(12-8-10-4-5-11(12)7-10)15-14(16)13-3-2-6-17-13/h2-3,6,9-12H,4-5,7-8H2,1H3,(H,15,16)/t9-,10-,11-,12+/m0/s1. The van der Waals surface area contributed by atoms with Gasteiger partial charge in [0.2, 0.25) is 0 Å². The molecule has 2 fully saturated rings. The Morgan fingerprint density at radius 2 is 2.35 bits per heavy atom. The summed E-state index contributed by atoms with van der Waals surface area (Å²) in [5.41, 5.74) is 0. The fourth-order valence-corrected chi connectivity index (χ4v) is 4.33. The van der Waals surface area contributed by atoms with Gasteiger partial charge in [-0.05, 0) is 55.4 Å². The molecule has 0 unspecified atom stereocenters. The fraction of sp³-hybridized carbons (Fsp3) is 0.643. The molecule has 0 radical (unpaired) electrons. The molecule has 0 aliphatic heterocycles. The first kappa shape index (κ1) is 11.3. The van der Waals surface area contributed by atoms with E-state index in [-0.39, 0.29) is 5.91 Å². The van der Waals surface area contributed by atoms with Gasteiger partial charge in [-0.2, -0.15) is 0 Å². The van der Waals surface area contributed by atoms with E-state index in [1.807, 2.05) is 17.5 Å². The van der Waals surface area contributed by atoms with Gasteiger partial charge in [-0.15, -0.1) is 11.3 Å². The predicted octanol–water partition coefficient (Wildman–Crippen LogP) is 3.30. The lowest BCUT2D eigenvalue weighted by atomic mass is 9.84. The van der Waals surface area contributed by atoms with Gasteiger partial charge in [0.25, 0.3) is 5.91 Å². The van der Waals surface area contributed by atoms with Crippen LogP contribution in [0.3, 0.4) is 0 Å². The molecule has 1 amide bonds. The molecule has 1 aromatic heterocycles. The van der Waals surface area contributed by atoms with Gasteiger partial charge in [0.1, 0.15) is 0 Å². The smallest absolute Gasteiger partial charge is 0.261 e. The highest BCUT2D eigenvalue weighted by atomic mass is 32.1. The average molecular weight is 249 g/mol. The van der Waals surface area contributed by atoms with Crippen molar-refractivity contribution >= 4 is 17.2 Å². The number of carbonyl (C=O) groups is 1. The number of fused-ring (bicyclic) bond motifs is 2. The third-order valence-electron chi connectivity index (χ3n) is 4.54. The van der Waals surface area contributed by atoms with E-state index in [4.69, 9.17) is 0 Å². The number of rotatable bonds is 3. The Bertz CT molecular complexity index is 400. The van der Waals surface area contributed by atoms with Crippen LogP contribution in [0, 0.1) is 17.8 Å². The second kappa shape index (κ2) is 4.45. The zero-order valence-corrected chi connectivity index (χ0v) is 11.0. The lowest BCUT2D eigenvalue weighted by Gasteiger charge is -2.28. The first-order chi connectivity index (χ1) is 8.24. The normalized spacial score (nSPS) is 32.6. The molecule has 1 N–H and O–H groups in total. The van der Waals surface area contributed by atoms with Crippen LogP contribution in [0.2, 0.25) is 0 Å². The Hall–Kier alpha value is -0.830. The van der Waals surface area contributed by atoms with E-state index in [0.717, 1.165) is 22.6 Å². The zero-order valence-electron chi connectivity index (χ0n) is 10.2. The Morgan fingerprint density at radius 3 is 2.94 bits per heavy atom. The number of amides is 1. The number of carbonyl (C=O) groups excluding carboxylic acids is 1. The van der Waals surface area contributed by atoms with Crippen LogP contribution in [-0.4, -0.2) is 11.9 Å². The van der Waals surface area contributed by atoms with E-state index < -0.39 is 0 Å². The zero-order chi connectivity index (χ0) is 11.8. The van der Waals surface area contributed by atoms with Crippen molar-refractivity contribution in [3.05, 3.63) is 22.4 Å². The summed E-state index contributed by atoms with van der Waals surface area (Å²) in [6.45, 7) is 2.18. The number of hydrogen-bond acceptors (Lipinski definition) is 2. The largest absolute Gasteiger partial charge is 0.349 e. The minimum Gasteiger partial charge on any atom is -0.349 e. The molecule has 17 heavy (non-hydrogen) atoms. The van der Waals surface area contributed by atoms with E-state index in [9.17, 15) is 4.79 Å². The summed E-state index contributed by atoms with van der Waals surface area (Å²) in [5, 5.41) is 5.14. The van der Waals surface area contributed by atoms with E-state index in [1.165, 1.54) is 37.0 Å². The molecule has 1 heterocycles. The van der Waals surface area contributed by atoms with Gasteiger partial charge in [-0.25, -0.2) is 0 Å². The monoisotopic (exact) mass is 249 g/mol. The Balaban J connectivity index is 1.60. The summed E-state index contributed by atoms with van der Waals surface area (Å²) in [6.07, 6.45) is 5.54. The van der Waals surface area contributed by atoms with Crippen molar-refractivity contribution < 1.29 is 4.79 Å². The maximum Gasteiger partial charge on any atom is 0.261 e. The Kier molecular flexibility index (Phi) is 2.95. The molecular formula is C14H19NOS. The van der Waals surface area contributed by atoms with Crippen molar-refractivity contribution in [1.82, 2.24) is 5.32 Å². The number of hydrogen-bond donors (Lipinski definition) is 1. The van der Waals surface area contributed by atoms with Crippen molar-refractivity contribution in [2.45, 2.75) is 38.6 Å². The molecule has 2 aliphatic carbocycles. The first-order valence-electron chi connectivity index (χ1n) is 6.58. The van der Waals surface area contributed by atoms with Crippen LogP contribution in [0.15, 0.2) is 17.5 Å². The van der Waals surface area contributed by atoms with Crippen molar-refractivity contribution in [2.75, 3.05) is 0 Å². The lowest BCUT2D eigenvalue weighted by Crippen LogP contribution is -2.39. The summed E-state index contributed by atoms with van der Waals surface area (Å²) in [5.74, 6) is 2.65. The van der Waals surface area contributed by atoms with Gasteiger partial charge in [0, 0.05) is 6.04 Å². The summed E-state index contributed by atoms with van der Waals surface area (Å²) in [7, 11) is 0. The van der Waals surface area contributed by atoms with Crippen LogP contribution in [0.1, 0.15) is 42.3 Å². The van der Waals surface area contributed by atoms with Crippen LogP contribution < -0.4 is 5.32 Å². The molecule has 3 heteroatoms. The van der Waals surface area contributed by atoms with E-state index in [1.54, 1.807) is 0 Å². The molecule has 2 bridgehead atoms. The van der Waals surface area contributed by atoms with Crippen molar-refractivity contribution in [1.29, 1.82) is 0 Å². The molecule has 0 saturated heterocycles. The van der Waals surface area contributed by atoms with E-state index >= 15 is 0 Å². The molecule has 2 aliphatic rings. The molecule has 0 aromatic carbocycles. The lowest BCUT2D eigenvalue weighted by molar-refractivity contribution is 0.0919. The maximum absolute atomic E-state index is 12.0. The molecule has 2 saturated carbocycles. The summed E-state index contributed by atoms with van der Waals surface area (Å²) in [4.78, 5) is 12.8. The highest BCUT2D eigenvalue weighted by Crippen LogP contribution is 2.49. The van der Waals surface area contributed by atoms with Crippen LogP contribution in [0.4, 0.5) is 0 Å². The summed E-state index contributed by atoms with van der Waals surface area (Å²) < 4.78 is 0.